The van der Waals surface area contributed by atoms with E-state index in [0.717, 1.165) is 27.7 Å². The van der Waals surface area contributed by atoms with Gasteiger partial charge in [0.15, 0.2) is 0 Å². The van der Waals surface area contributed by atoms with Crippen molar-refractivity contribution in [1.29, 1.82) is 0 Å². The minimum atomic E-state index is -0.776. The first-order valence-corrected chi connectivity index (χ1v) is 9.76. The van der Waals surface area contributed by atoms with Gasteiger partial charge in [-0.3, -0.25) is 14.2 Å². The second-order valence-corrected chi connectivity index (χ2v) is 7.55. The van der Waals surface area contributed by atoms with Crippen molar-refractivity contribution >= 4 is 5.91 Å². The van der Waals surface area contributed by atoms with Gasteiger partial charge in [-0.15, -0.1) is 0 Å². The summed E-state index contributed by atoms with van der Waals surface area (Å²) in [7, 11) is 0. The lowest BCUT2D eigenvalue weighted by Crippen LogP contribution is -2.46. The third kappa shape index (κ3) is 4.22. The molecule has 0 saturated heterocycles. The number of benzene rings is 2. The quantitative estimate of drug-likeness (QED) is 0.676. The van der Waals surface area contributed by atoms with Crippen molar-refractivity contribution in [2.45, 2.75) is 26.3 Å². The molecule has 1 aromatic heterocycles. The molecule has 1 heterocycles. The van der Waals surface area contributed by atoms with Gasteiger partial charge < -0.3 is 5.32 Å². The van der Waals surface area contributed by atoms with Crippen LogP contribution in [-0.4, -0.2) is 26.8 Å². The second kappa shape index (κ2) is 8.06. The summed E-state index contributed by atoms with van der Waals surface area (Å²) in [5.74, 6) is -0.600. The van der Waals surface area contributed by atoms with Crippen LogP contribution >= 0.6 is 0 Å². The minimum Gasteiger partial charge on any atom is -0.350 e. The van der Waals surface area contributed by atoms with Crippen molar-refractivity contribution in [3.63, 3.8) is 0 Å². The van der Waals surface area contributed by atoms with Gasteiger partial charge in [0.2, 0.25) is 5.69 Å². The third-order valence-corrected chi connectivity index (χ3v) is 5.02. The standard InChI is InChI=1S/C22H21FN4O3/c1-14-3-2-4-18(11-14)27-22(30)26(13-16-7-9-17(23)10-8-16)21(29)19(25-27)20(28)24-12-15-5-6-15/h2-4,7-11,15H,5-6,12-13H2,1H3,(H,24,28). The maximum Gasteiger partial charge on any atom is 0.352 e. The average Bonchev–Trinajstić information content (AvgIpc) is 3.55. The first-order chi connectivity index (χ1) is 14.4. The summed E-state index contributed by atoms with van der Waals surface area (Å²) in [6, 6.07) is 12.5. The van der Waals surface area contributed by atoms with Crippen LogP contribution < -0.4 is 16.6 Å². The van der Waals surface area contributed by atoms with Crippen molar-refractivity contribution in [2.24, 2.45) is 5.92 Å². The first-order valence-electron chi connectivity index (χ1n) is 9.76. The Bertz CT molecular complexity index is 1210. The highest BCUT2D eigenvalue weighted by Crippen LogP contribution is 2.27. The number of carbonyl (C=O) groups is 1. The van der Waals surface area contributed by atoms with Crippen molar-refractivity contribution < 1.29 is 9.18 Å². The van der Waals surface area contributed by atoms with Gasteiger partial charge in [0.25, 0.3) is 11.5 Å². The number of rotatable bonds is 6. The molecule has 0 radical (unpaired) electrons. The first kappa shape index (κ1) is 19.8. The molecular weight excluding hydrogens is 387 g/mol. The SMILES string of the molecule is Cc1cccc(-n2nc(C(=O)NCC3CC3)c(=O)n(Cc3ccc(F)cc3)c2=O)c1. The summed E-state index contributed by atoms with van der Waals surface area (Å²) in [5.41, 5.74) is 0.109. The number of aryl methyl sites for hydroxylation is 1. The fourth-order valence-corrected chi connectivity index (χ4v) is 3.14. The smallest absolute Gasteiger partial charge is 0.350 e. The molecule has 0 atom stereocenters. The molecule has 7 nitrogen and oxygen atoms in total. The summed E-state index contributed by atoms with van der Waals surface area (Å²) in [4.78, 5) is 38.7. The van der Waals surface area contributed by atoms with Crippen molar-refractivity contribution in [1.82, 2.24) is 19.7 Å². The maximum absolute atomic E-state index is 13.2. The monoisotopic (exact) mass is 408 g/mol. The lowest BCUT2D eigenvalue weighted by atomic mass is 10.2. The largest absolute Gasteiger partial charge is 0.352 e. The van der Waals surface area contributed by atoms with Crippen LogP contribution in [0.2, 0.25) is 0 Å². The Morgan fingerprint density at radius 2 is 1.90 bits per heavy atom. The number of aromatic nitrogens is 3. The summed E-state index contributed by atoms with van der Waals surface area (Å²) >= 11 is 0. The van der Waals surface area contributed by atoms with Gasteiger partial charge in [-0.1, -0.05) is 24.3 Å². The van der Waals surface area contributed by atoms with Crippen LogP contribution in [-0.2, 0) is 6.54 Å². The molecule has 0 aliphatic heterocycles. The lowest BCUT2D eigenvalue weighted by Gasteiger charge is -2.13. The molecular formula is C22H21FN4O3. The number of amides is 1. The fourth-order valence-electron chi connectivity index (χ4n) is 3.14. The number of carbonyl (C=O) groups excluding carboxylic acids is 1. The predicted molar refractivity (Wildman–Crippen MR) is 109 cm³/mol. The van der Waals surface area contributed by atoms with Gasteiger partial charge in [0.05, 0.1) is 12.2 Å². The zero-order chi connectivity index (χ0) is 21.3. The predicted octanol–water partition coefficient (Wildman–Crippen LogP) is 2.03. The highest BCUT2D eigenvalue weighted by molar-refractivity contribution is 5.91. The molecule has 8 heteroatoms. The van der Waals surface area contributed by atoms with Gasteiger partial charge in [-0.05, 0) is 61.1 Å². The molecule has 30 heavy (non-hydrogen) atoms. The van der Waals surface area contributed by atoms with E-state index in [4.69, 9.17) is 0 Å². The number of halogens is 1. The van der Waals surface area contributed by atoms with Crippen molar-refractivity contribution in [3.05, 3.63) is 92.0 Å². The highest BCUT2D eigenvalue weighted by Gasteiger charge is 2.25. The van der Waals surface area contributed by atoms with E-state index >= 15 is 0 Å². The van der Waals surface area contributed by atoms with Crippen LogP contribution in [0, 0.1) is 18.7 Å². The third-order valence-electron chi connectivity index (χ3n) is 5.02. The topological polar surface area (TPSA) is 86.0 Å². The summed E-state index contributed by atoms with van der Waals surface area (Å²) in [6.07, 6.45) is 2.09. The van der Waals surface area contributed by atoms with E-state index in [1.54, 1.807) is 18.2 Å². The highest BCUT2D eigenvalue weighted by atomic mass is 19.1. The van der Waals surface area contributed by atoms with Gasteiger partial charge >= 0.3 is 5.69 Å². The van der Waals surface area contributed by atoms with E-state index in [2.05, 4.69) is 10.4 Å². The normalized spacial score (nSPS) is 13.3. The summed E-state index contributed by atoms with van der Waals surface area (Å²) < 4.78 is 15.2. The Morgan fingerprint density at radius 1 is 1.17 bits per heavy atom. The zero-order valence-corrected chi connectivity index (χ0v) is 16.5. The molecule has 1 amide bonds. The van der Waals surface area contributed by atoms with E-state index in [1.807, 2.05) is 13.0 Å². The number of hydrogen-bond acceptors (Lipinski definition) is 4. The summed E-state index contributed by atoms with van der Waals surface area (Å²) in [6.45, 7) is 2.24. The van der Waals surface area contributed by atoms with Crippen LogP contribution in [0.5, 0.6) is 0 Å². The molecule has 154 valence electrons. The van der Waals surface area contributed by atoms with Gasteiger partial charge in [-0.2, -0.15) is 9.78 Å². The molecule has 0 bridgehead atoms. The molecule has 4 rings (SSSR count). The molecule has 1 aliphatic carbocycles. The van der Waals surface area contributed by atoms with Crippen LogP contribution in [0.4, 0.5) is 4.39 Å². The second-order valence-electron chi connectivity index (χ2n) is 7.55. The number of nitrogens with one attached hydrogen (secondary N) is 1. The van der Waals surface area contributed by atoms with Crippen LogP contribution in [0.15, 0.2) is 58.1 Å². The number of nitrogens with zero attached hydrogens (tertiary/aromatic N) is 3. The van der Waals surface area contributed by atoms with E-state index in [0.29, 0.717) is 23.7 Å². The Labute approximate surface area is 171 Å². The Balaban J connectivity index is 1.81. The molecule has 0 spiro atoms. The van der Waals surface area contributed by atoms with Gasteiger partial charge in [0, 0.05) is 6.54 Å². The van der Waals surface area contributed by atoms with E-state index < -0.39 is 23.0 Å². The molecule has 0 unspecified atom stereocenters. The molecule has 3 aromatic rings. The molecule has 1 saturated carbocycles. The summed E-state index contributed by atoms with van der Waals surface area (Å²) in [5, 5.41) is 6.83. The molecule has 2 aromatic carbocycles. The van der Waals surface area contributed by atoms with Crippen LogP contribution in [0.1, 0.15) is 34.5 Å². The molecule has 1 aliphatic rings. The van der Waals surface area contributed by atoms with E-state index in [1.165, 1.54) is 24.3 Å². The van der Waals surface area contributed by atoms with Crippen LogP contribution in [0.25, 0.3) is 5.69 Å². The molecule has 1 fully saturated rings. The number of hydrogen-bond donors (Lipinski definition) is 1. The Hall–Kier alpha value is -3.55. The van der Waals surface area contributed by atoms with Crippen molar-refractivity contribution in [2.75, 3.05) is 6.54 Å². The van der Waals surface area contributed by atoms with Gasteiger partial charge in [0.1, 0.15) is 5.82 Å². The maximum atomic E-state index is 13.2. The fraction of sp³-hybridized carbons (Fsp3) is 0.273. The lowest BCUT2D eigenvalue weighted by molar-refractivity contribution is 0.0942. The van der Waals surface area contributed by atoms with E-state index in [-0.39, 0.29) is 12.2 Å². The van der Waals surface area contributed by atoms with E-state index in [9.17, 15) is 18.8 Å². The zero-order valence-electron chi connectivity index (χ0n) is 16.5. The average molecular weight is 408 g/mol. The minimum absolute atomic E-state index is 0.102. The van der Waals surface area contributed by atoms with Crippen LogP contribution in [0.3, 0.4) is 0 Å². The Morgan fingerprint density at radius 3 is 2.57 bits per heavy atom. The Kier molecular flexibility index (Phi) is 5.31. The molecule has 1 N–H and O–H groups in total. The van der Waals surface area contributed by atoms with Crippen molar-refractivity contribution in [3.8, 4) is 5.69 Å². The van der Waals surface area contributed by atoms with Gasteiger partial charge in [-0.25, -0.2) is 9.18 Å².